The van der Waals surface area contributed by atoms with Gasteiger partial charge in [0.1, 0.15) is 6.04 Å². The Bertz CT molecular complexity index is 983. The molecule has 7 heteroatoms. The van der Waals surface area contributed by atoms with Crippen LogP contribution in [0.4, 0.5) is 10.5 Å². The number of carbonyl (C=O) groups is 4. The van der Waals surface area contributed by atoms with Crippen molar-refractivity contribution in [1.82, 2.24) is 5.32 Å². The maximum absolute atomic E-state index is 12.7. The lowest BCUT2D eigenvalue weighted by Crippen LogP contribution is -2.46. The van der Waals surface area contributed by atoms with E-state index in [4.69, 9.17) is 0 Å². The smallest absolute Gasteiger partial charge is 0.326 e. The van der Waals surface area contributed by atoms with Crippen LogP contribution in [0.3, 0.4) is 0 Å². The predicted molar refractivity (Wildman–Crippen MR) is 103 cm³/mol. The SMILES string of the molecule is CCC(C)C(NC(=O)Nc1ccc2c(c1)C(=O)c1ccccc1C2=O)C(=O)O. The van der Waals surface area contributed by atoms with E-state index in [-0.39, 0.29) is 28.6 Å². The van der Waals surface area contributed by atoms with Crippen LogP contribution in [0.2, 0.25) is 0 Å². The van der Waals surface area contributed by atoms with Gasteiger partial charge < -0.3 is 15.7 Å². The molecule has 0 aliphatic heterocycles. The van der Waals surface area contributed by atoms with Crippen molar-refractivity contribution in [3.05, 3.63) is 64.7 Å². The molecule has 1 aliphatic carbocycles. The van der Waals surface area contributed by atoms with E-state index in [2.05, 4.69) is 10.6 Å². The lowest BCUT2D eigenvalue weighted by atomic mass is 9.84. The molecule has 0 heterocycles. The summed E-state index contributed by atoms with van der Waals surface area (Å²) in [6.07, 6.45) is 0.589. The number of amides is 2. The van der Waals surface area contributed by atoms with Crippen LogP contribution in [0.25, 0.3) is 0 Å². The normalized spacial score (nSPS) is 14.5. The molecular weight excluding hydrogens is 360 g/mol. The molecule has 0 saturated heterocycles. The Morgan fingerprint density at radius 3 is 2.11 bits per heavy atom. The van der Waals surface area contributed by atoms with Gasteiger partial charge in [0, 0.05) is 27.9 Å². The third kappa shape index (κ3) is 3.51. The van der Waals surface area contributed by atoms with E-state index in [0.717, 1.165) is 0 Å². The highest BCUT2D eigenvalue weighted by Crippen LogP contribution is 2.29. The van der Waals surface area contributed by atoms with Gasteiger partial charge in [0.2, 0.25) is 0 Å². The van der Waals surface area contributed by atoms with Gasteiger partial charge in [-0.25, -0.2) is 9.59 Å². The van der Waals surface area contributed by atoms with Crippen molar-refractivity contribution in [2.45, 2.75) is 26.3 Å². The van der Waals surface area contributed by atoms with Gasteiger partial charge in [-0.2, -0.15) is 0 Å². The van der Waals surface area contributed by atoms with Crippen molar-refractivity contribution in [3.8, 4) is 0 Å². The monoisotopic (exact) mass is 380 g/mol. The molecule has 2 aromatic carbocycles. The van der Waals surface area contributed by atoms with Gasteiger partial charge >= 0.3 is 12.0 Å². The largest absolute Gasteiger partial charge is 0.480 e. The van der Waals surface area contributed by atoms with E-state index in [1.54, 1.807) is 31.2 Å². The minimum absolute atomic E-state index is 0.207. The summed E-state index contributed by atoms with van der Waals surface area (Å²) in [5, 5.41) is 14.2. The first-order valence-corrected chi connectivity index (χ1v) is 8.96. The Morgan fingerprint density at radius 1 is 0.964 bits per heavy atom. The van der Waals surface area contributed by atoms with E-state index in [1.807, 2.05) is 6.92 Å². The number of carboxylic acid groups (broad SMARTS) is 1. The highest BCUT2D eigenvalue weighted by atomic mass is 16.4. The van der Waals surface area contributed by atoms with E-state index in [1.165, 1.54) is 18.2 Å². The highest BCUT2D eigenvalue weighted by Gasteiger charge is 2.30. The topological polar surface area (TPSA) is 113 Å². The zero-order valence-corrected chi connectivity index (χ0v) is 15.5. The zero-order chi connectivity index (χ0) is 20.4. The Labute approximate surface area is 161 Å². The third-order valence-electron chi connectivity index (χ3n) is 4.95. The average Bonchev–Trinajstić information content (AvgIpc) is 2.69. The van der Waals surface area contributed by atoms with Gasteiger partial charge in [0.25, 0.3) is 0 Å². The minimum atomic E-state index is -1.12. The summed E-state index contributed by atoms with van der Waals surface area (Å²) in [7, 11) is 0. The number of aliphatic carboxylic acids is 1. The fourth-order valence-electron chi connectivity index (χ4n) is 3.17. The van der Waals surface area contributed by atoms with Crippen molar-refractivity contribution in [1.29, 1.82) is 0 Å². The Kier molecular flexibility index (Phi) is 5.26. The van der Waals surface area contributed by atoms with Crippen LogP contribution in [-0.4, -0.2) is 34.7 Å². The molecule has 3 N–H and O–H groups in total. The second-order valence-electron chi connectivity index (χ2n) is 6.76. The molecule has 0 radical (unpaired) electrons. The van der Waals surface area contributed by atoms with E-state index >= 15 is 0 Å². The van der Waals surface area contributed by atoms with Crippen LogP contribution in [0.5, 0.6) is 0 Å². The summed E-state index contributed by atoms with van der Waals surface area (Å²) in [4.78, 5) is 48.9. The van der Waals surface area contributed by atoms with Gasteiger partial charge in [0.05, 0.1) is 0 Å². The van der Waals surface area contributed by atoms with Gasteiger partial charge in [-0.1, -0.05) is 44.5 Å². The number of carboxylic acids is 1. The standard InChI is InChI=1S/C21H20N2O5/c1-3-11(2)17(20(26)27)23-21(28)22-12-8-9-15-16(10-12)19(25)14-7-5-4-6-13(14)18(15)24/h4-11,17H,3H2,1-2H3,(H,26,27)(H2,22,23,28). The minimum Gasteiger partial charge on any atom is -0.480 e. The molecule has 0 fully saturated rings. The lowest BCUT2D eigenvalue weighted by Gasteiger charge is -2.21. The molecule has 2 atom stereocenters. The number of hydrogen-bond acceptors (Lipinski definition) is 4. The van der Waals surface area contributed by atoms with Crippen LogP contribution in [0, 0.1) is 5.92 Å². The maximum atomic E-state index is 12.7. The second-order valence-corrected chi connectivity index (χ2v) is 6.76. The number of rotatable bonds is 5. The zero-order valence-electron chi connectivity index (χ0n) is 15.5. The van der Waals surface area contributed by atoms with Crippen LogP contribution in [0.1, 0.15) is 52.1 Å². The van der Waals surface area contributed by atoms with E-state index in [9.17, 15) is 24.3 Å². The fraction of sp³-hybridized carbons (Fsp3) is 0.238. The van der Waals surface area contributed by atoms with Gasteiger partial charge in [0.15, 0.2) is 11.6 Å². The molecule has 0 bridgehead atoms. The number of urea groups is 1. The molecule has 0 aromatic heterocycles. The molecule has 7 nitrogen and oxygen atoms in total. The van der Waals surface area contributed by atoms with Crippen molar-refractivity contribution < 1.29 is 24.3 Å². The molecule has 0 spiro atoms. The summed E-state index contributed by atoms with van der Waals surface area (Å²) < 4.78 is 0. The van der Waals surface area contributed by atoms with E-state index in [0.29, 0.717) is 23.2 Å². The van der Waals surface area contributed by atoms with Crippen LogP contribution in [0.15, 0.2) is 42.5 Å². The van der Waals surface area contributed by atoms with Crippen molar-refractivity contribution in [2.24, 2.45) is 5.92 Å². The molecule has 1 aliphatic rings. The summed E-state index contributed by atoms with van der Waals surface area (Å²) in [6, 6.07) is 9.30. The van der Waals surface area contributed by atoms with Crippen LogP contribution in [-0.2, 0) is 4.79 Å². The Morgan fingerprint density at radius 2 is 1.54 bits per heavy atom. The molecular formula is C21H20N2O5. The summed E-state index contributed by atoms with van der Waals surface area (Å²) in [5.41, 5.74) is 1.46. The molecule has 144 valence electrons. The summed E-state index contributed by atoms with van der Waals surface area (Å²) in [5.74, 6) is -1.91. The van der Waals surface area contributed by atoms with E-state index < -0.39 is 18.0 Å². The van der Waals surface area contributed by atoms with Crippen molar-refractivity contribution in [3.63, 3.8) is 0 Å². The predicted octanol–water partition coefficient (Wildman–Crippen LogP) is 3.08. The first kappa shape index (κ1) is 19.3. The van der Waals surface area contributed by atoms with Gasteiger partial charge in [-0.05, 0) is 24.1 Å². The van der Waals surface area contributed by atoms with Gasteiger partial charge in [-0.15, -0.1) is 0 Å². The second kappa shape index (κ2) is 7.64. The number of carbonyl (C=O) groups excluding carboxylic acids is 3. The average molecular weight is 380 g/mol. The fourth-order valence-corrected chi connectivity index (χ4v) is 3.17. The first-order valence-electron chi connectivity index (χ1n) is 8.96. The third-order valence-corrected chi connectivity index (χ3v) is 4.95. The number of anilines is 1. The van der Waals surface area contributed by atoms with Crippen LogP contribution >= 0.6 is 0 Å². The number of hydrogen-bond donors (Lipinski definition) is 3. The number of fused-ring (bicyclic) bond motifs is 2. The van der Waals surface area contributed by atoms with Crippen LogP contribution < -0.4 is 10.6 Å². The van der Waals surface area contributed by atoms with Crippen molar-refractivity contribution >= 4 is 29.3 Å². The number of nitrogens with one attached hydrogen (secondary N) is 2. The molecule has 28 heavy (non-hydrogen) atoms. The van der Waals surface area contributed by atoms with Gasteiger partial charge in [-0.3, -0.25) is 9.59 Å². The number of ketones is 2. The molecule has 0 saturated carbocycles. The maximum Gasteiger partial charge on any atom is 0.326 e. The Balaban J connectivity index is 1.82. The highest BCUT2D eigenvalue weighted by molar-refractivity contribution is 6.28. The molecule has 2 amide bonds. The Hall–Kier alpha value is -3.48. The first-order chi connectivity index (χ1) is 13.3. The van der Waals surface area contributed by atoms with Crippen molar-refractivity contribution in [2.75, 3.05) is 5.32 Å². The molecule has 3 rings (SSSR count). The quantitative estimate of drug-likeness (QED) is 0.630. The molecule has 2 aromatic rings. The lowest BCUT2D eigenvalue weighted by molar-refractivity contribution is -0.140. The summed E-state index contributed by atoms with van der Waals surface area (Å²) >= 11 is 0. The number of benzene rings is 2. The molecule has 2 unspecified atom stereocenters. The summed E-state index contributed by atoms with van der Waals surface area (Å²) in [6.45, 7) is 3.57.